The second-order valence-electron chi connectivity index (χ2n) is 9.12. The smallest absolute Gasteiger partial charge is 0.322 e. The van der Waals surface area contributed by atoms with Gasteiger partial charge in [-0.2, -0.15) is 5.26 Å². The van der Waals surface area contributed by atoms with Crippen molar-refractivity contribution in [2.45, 2.75) is 5.03 Å². The Morgan fingerprint density at radius 1 is 0.909 bits per heavy atom. The highest BCUT2D eigenvalue weighted by Gasteiger charge is 2.21. The molecule has 2 amide bonds. The number of carboxylic acid groups (broad SMARTS) is 1. The Morgan fingerprint density at radius 3 is 2.14 bits per heavy atom. The first-order valence-corrected chi connectivity index (χ1v) is 14.1. The van der Waals surface area contributed by atoms with Crippen molar-refractivity contribution in [1.82, 2.24) is 10.3 Å². The molecule has 4 aromatic rings. The first kappa shape index (κ1) is 31.4. The molecular formula is C32H28N4O7S. The van der Waals surface area contributed by atoms with Crippen LogP contribution in [0.5, 0.6) is 17.2 Å². The van der Waals surface area contributed by atoms with E-state index in [1.807, 2.05) is 36.4 Å². The number of aliphatic carboxylic acids is 1. The van der Waals surface area contributed by atoms with Crippen molar-refractivity contribution in [3.8, 4) is 45.7 Å². The van der Waals surface area contributed by atoms with Gasteiger partial charge in [-0.15, -0.1) is 0 Å². The number of anilines is 1. The van der Waals surface area contributed by atoms with Crippen molar-refractivity contribution in [2.75, 3.05) is 38.9 Å². The topological polar surface area (TPSA) is 160 Å². The molecule has 0 bridgehead atoms. The molecule has 0 radical (unpaired) electrons. The van der Waals surface area contributed by atoms with Gasteiger partial charge in [0.25, 0.3) is 5.91 Å². The first-order chi connectivity index (χ1) is 21.3. The zero-order valence-electron chi connectivity index (χ0n) is 24.0. The maximum absolute atomic E-state index is 12.9. The number of pyridine rings is 1. The molecule has 1 heterocycles. The zero-order valence-corrected chi connectivity index (χ0v) is 24.9. The highest BCUT2D eigenvalue weighted by Crippen LogP contribution is 2.43. The summed E-state index contributed by atoms with van der Waals surface area (Å²) in [5.74, 6) is -0.866. The van der Waals surface area contributed by atoms with Crippen LogP contribution in [0.2, 0.25) is 0 Å². The van der Waals surface area contributed by atoms with Crippen LogP contribution in [-0.2, 0) is 9.59 Å². The minimum atomic E-state index is -1.15. The zero-order chi connectivity index (χ0) is 31.6. The molecule has 3 aromatic carbocycles. The summed E-state index contributed by atoms with van der Waals surface area (Å²) < 4.78 is 16.5. The minimum absolute atomic E-state index is 0.0601. The molecule has 44 heavy (non-hydrogen) atoms. The molecular weight excluding hydrogens is 584 g/mol. The van der Waals surface area contributed by atoms with Crippen LogP contribution in [0.15, 0.2) is 77.8 Å². The number of hydrogen-bond donors (Lipinski definition) is 3. The van der Waals surface area contributed by atoms with Crippen LogP contribution in [0.4, 0.5) is 5.69 Å². The Hall–Kier alpha value is -5.54. The number of nitriles is 1. The molecule has 0 unspecified atom stereocenters. The fourth-order valence-corrected chi connectivity index (χ4v) is 5.05. The molecule has 11 nitrogen and oxygen atoms in total. The van der Waals surface area contributed by atoms with Crippen LogP contribution >= 0.6 is 11.8 Å². The van der Waals surface area contributed by atoms with Gasteiger partial charge in [0.1, 0.15) is 17.6 Å². The molecule has 0 saturated heterocycles. The van der Waals surface area contributed by atoms with Gasteiger partial charge in [-0.05, 0) is 48.0 Å². The fourth-order valence-electron chi connectivity index (χ4n) is 4.25. The molecule has 0 aliphatic carbocycles. The van der Waals surface area contributed by atoms with Crippen LogP contribution in [0, 0.1) is 11.3 Å². The average Bonchev–Trinajstić information content (AvgIpc) is 3.05. The molecule has 1 aromatic heterocycles. The second kappa shape index (κ2) is 14.6. The largest absolute Gasteiger partial charge is 0.493 e. The van der Waals surface area contributed by atoms with E-state index in [0.717, 1.165) is 17.3 Å². The SMILES string of the molecule is COc1cc(-c2cc(-c3ccccc3)nc(SCC(=O)Nc3ccc(C(=O)NCC(=O)O)cc3)c2C#N)cc(OC)c1OC. The Balaban J connectivity index is 1.63. The molecule has 4 rings (SSSR count). The van der Waals surface area contributed by atoms with Gasteiger partial charge in [0.15, 0.2) is 11.5 Å². The minimum Gasteiger partial charge on any atom is -0.493 e. The van der Waals surface area contributed by atoms with Gasteiger partial charge in [0.05, 0.1) is 38.3 Å². The van der Waals surface area contributed by atoms with Crippen LogP contribution in [0.3, 0.4) is 0 Å². The molecule has 0 aliphatic rings. The number of ether oxygens (including phenoxy) is 3. The monoisotopic (exact) mass is 612 g/mol. The van der Waals surface area contributed by atoms with Crippen LogP contribution < -0.4 is 24.8 Å². The Labute approximate surface area is 257 Å². The molecule has 12 heteroatoms. The van der Waals surface area contributed by atoms with E-state index >= 15 is 0 Å². The molecule has 0 fully saturated rings. The first-order valence-electron chi connectivity index (χ1n) is 13.1. The number of nitrogens with one attached hydrogen (secondary N) is 2. The molecule has 0 atom stereocenters. The van der Waals surface area contributed by atoms with E-state index in [1.54, 1.807) is 12.1 Å². The van der Waals surface area contributed by atoms with E-state index in [9.17, 15) is 19.6 Å². The van der Waals surface area contributed by atoms with E-state index in [-0.39, 0.29) is 22.8 Å². The average molecular weight is 613 g/mol. The van der Waals surface area contributed by atoms with Gasteiger partial charge in [0.2, 0.25) is 11.7 Å². The number of rotatable bonds is 12. The Kier molecular flexibility index (Phi) is 10.4. The van der Waals surface area contributed by atoms with Crippen molar-refractivity contribution in [3.63, 3.8) is 0 Å². The normalized spacial score (nSPS) is 10.3. The third-order valence-corrected chi connectivity index (χ3v) is 7.29. The van der Waals surface area contributed by atoms with Gasteiger partial charge < -0.3 is 30.0 Å². The number of carbonyl (C=O) groups excluding carboxylic acids is 2. The Morgan fingerprint density at radius 2 is 1.57 bits per heavy atom. The summed E-state index contributed by atoms with van der Waals surface area (Å²) in [7, 11) is 4.53. The van der Waals surface area contributed by atoms with E-state index < -0.39 is 18.4 Å². The summed E-state index contributed by atoms with van der Waals surface area (Å²) >= 11 is 1.11. The summed E-state index contributed by atoms with van der Waals surface area (Å²) in [4.78, 5) is 40.4. The number of carbonyl (C=O) groups is 3. The van der Waals surface area contributed by atoms with Crippen molar-refractivity contribution in [2.24, 2.45) is 0 Å². The van der Waals surface area contributed by atoms with Crippen molar-refractivity contribution >= 4 is 35.2 Å². The van der Waals surface area contributed by atoms with Crippen molar-refractivity contribution in [3.05, 3.63) is 83.9 Å². The van der Waals surface area contributed by atoms with Gasteiger partial charge in [0, 0.05) is 22.4 Å². The van der Waals surface area contributed by atoms with Gasteiger partial charge in [-0.1, -0.05) is 42.1 Å². The van der Waals surface area contributed by atoms with E-state index in [4.69, 9.17) is 24.3 Å². The number of carboxylic acids is 1. The highest BCUT2D eigenvalue weighted by molar-refractivity contribution is 8.00. The molecule has 3 N–H and O–H groups in total. The summed E-state index contributed by atoms with van der Waals surface area (Å²) in [5.41, 5.74) is 3.59. The quantitative estimate of drug-likeness (QED) is 0.189. The highest BCUT2D eigenvalue weighted by atomic mass is 32.2. The maximum atomic E-state index is 12.9. The van der Waals surface area contributed by atoms with Crippen molar-refractivity contribution in [1.29, 1.82) is 5.26 Å². The number of amides is 2. The Bertz CT molecular complexity index is 1700. The summed E-state index contributed by atoms with van der Waals surface area (Å²) in [6, 6.07) is 23.1. The standard InChI is InChI=1S/C32H28N4O7S/c1-41-26-13-21(14-27(42-2)30(26)43-3)23-15-25(19-7-5-4-6-8-19)36-32(24(23)16-33)44-18-28(37)35-22-11-9-20(10-12-22)31(40)34-17-29(38)39/h4-15H,17-18H2,1-3H3,(H,34,40)(H,35,37)(H,38,39). The number of methoxy groups -OCH3 is 3. The molecule has 224 valence electrons. The third kappa shape index (κ3) is 7.45. The number of thioether (sulfide) groups is 1. The van der Waals surface area contributed by atoms with Gasteiger partial charge >= 0.3 is 5.97 Å². The van der Waals surface area contributed by atoms with Crippen LogP contribution in [-0.4, -0.2) is 61.5 Å². The number of nitrogens with zero attached hydrogens (tertiary/aromatic N) is 2. The predicted molar refractivity (Wildman–Crippen MR) is 165 cm³/mol. The number of aromatic nitrogens is 1. The van der Waals surface area contributed by atoms with Gasteiger partial charge in [-0.25, -0.2) is 4.98 Å². The van der Waals surface area contributed by atoms with E-state index in [0.29, 0.717) is 44.8 Å². The number of hydrogen-bond acceptors (Lipinski definition) is 9. The number of benzene rings is 3. The summed E-state index contributed by atoms with van der Waals surface area (Å²) in [6.45, 7) is -0.500. The van der Waals surface area contributed by atoms with E-state index in [1.165, 1.54) is 45.6 Å². The molecule has 0 aliphatic heterocycles. The fraction of sp³-hybridized carbons (Fsp3) is 0.156. The van der Waals surface area contributed by atoms with E-state index in [2.05, 4.69) is 16.7 Å². The summed E-state index contributed by atoms with van der Waals surface area (Å²) in [5, 5.41) is 24.4. The third-order valence-electron chi connectivity index (χ3n) is 6.31. The second-order valence-corrected chi connectivity index (χ2v) is 10.1. The summed E-state index contributed by atoms with van der Waals surface area (Å²) in [6.07, 6.45) is 0. The molecule has 0 spiro atoms. The van der Waals surface area contributed by atoms with Crippen molar-refractivity contribution < 1.29 is 33.7 Å². The maximum Gasteiger partial charge on any atom is 0.322 e. The lowest BCUT2D eigenvalue weighted by Gasteiger charge is -2.16. The lowest BCUT2D eigenvalue weighted by molar-refractivity contribution is -0.135. The van der Waals surface area contributed by atoms with Crippen LogP contribution in [0.25, 0.3) is 22.4 Å². The predicted octanol–water partition coefficient (Wildman–Crippen LogP) is 4.86. The lowest BCUT2D eigenvalue weighted by atomic mass is 9.98. The van der Waals surface area contributed by atoms with Gasteiger partial charge in [-0.3, -0.25) is 14.4 Å². The lowest BCUT2D eigenvalue weighted by Crippen LogP contribution is -2.29. The van der Waals surface area contributed by atoms with Crippen LogP contribution in [0.1, 0.15) is 15.9 Å². The molecule has 0 saturated carbocycles.